The number of imidazole rings is 1. The van der Waals surface area contributed by atoms with Gasteiger partial charge in [0, 0.05) is 38.6 Å². The molecular weight excluding hydrogens is 234 g/mol. The van der Waals surface area contributed by atoms with E-state index in [4.69, 9.17) is 9.47 Å². The van der Waals surface area contributed by atoms with Crippen LogP contribution in [0.2, 0.25) is 0 Å². The predicted octanol–water partition coefficient (Wildman–Crippen LogP) is 0.0653. The van der Waals surface area contributed by atoms with Crippen LogP contribution in [0.15, 0.2) is 12.4 Å². The number of aryl methyl sites for hydroxylation is 1. The lowest BCUT2D eigenvalue weighted by Gasteiger charge is -2.31. The Morgan fingerprint density at radius 2 is 2.44 bits per heavy atom. The molecule has 1 aromatic heterocycles. The summed E-state index contributed by atoms with van der Waals surface area (Å²) in [7, 11) is 1.39. The first-order valence-electron chi connectivity index (χ1n) is 6.10. The fourth-order valence-corrected chi connectivity index (χ4v) is 2.07. The highest BCUT2D eigenvalue weighted by atomic mass is 16.6. The van der Waals surface area contributed by atoms with Crippen molar-refractivity contribution < 1.29 is 14.3 Å². The molecule has 0 saturated carbocycles. The van der Waals surface area contributed by atoms with E-state index in [1.54, 1.807) is 6.20 Å². The van der Waals surface area contributed by atoms with Gasteiger partial charge in [-0.3, -0.25) is 4.90 Å². The Morgan fingerprint density at radius 3 is 3.11 bits per heavy atom. The zero-order valence-corrected chi connectivity index (χ0v) is 10.8. The zero-order chi connectivity index (χ0) is 13.0. The van der Waals surface area contributed by atoms with Gasteiger partial charge in [0.05, 0.1) is 13.7 Å². The number of ether oxygens (including phenoxy) is 2. The van der Waals surface area contributed by atoms with Gasteiger partial charge in [-0.05, 0) is 6.92 Å². The van der Waals surface area contributed by atoms with E-state index >= 15 is 0 Å². The molecule has 0 aliphatic carbocycles. The highest BCUT2D eigenvalue weighted by Crippen LogP contribution is 2.07. The molecule has 1 aliphatic heterocycles. The fraction of sp³-hybridized carbons (Fsp3) is 0.667. The van der Waals surface area contributed by atoms with Gasteiger partial charge in [0.15, 0.2) is 6.10 Å². The molecule has 1 aromatic rings. The zero-order valence-electron chi connectivity index (χ0n) is 10.8. The van der Waals surface area contributed by atoms with Crippen molar-refractivity contribution in [1.29, 1.82) is 0 Å². The predicted molar refractivity (Wildman–Crippen MR) is 65.2 cm³/mol. The van der Waals surface area contributed by atoms with Crippen LogP contribution >= 0.6 is 0 Å². The molecule has 0 aromatic carbocycles. The number of esters is 1. The van der Waals surface area contributed by atoms with Crippen molar-refractivity contribution in [2.75, 3.05) is 33.4 Å². The maximum absolute atomic E-state index is 11.4. The largest absolute Gasteiger partial charge is 0.467 e. The Morgan fingerprint density at radius 1 is 1.61 bits per heavy atom. The van der Waals surface area contributed by atoms with Gasteiger partial charge in [0.2, 0.25) is 0 Å². The van der Waals surface area contributed by atoms with Crippen LogP contribution in [-0.4, -0.2) is 59.9 Å². The van der Waals surface area contributed by atoms with E-state index < -0.39 is 6.10 Å². The number of rotatable bonds is 4. The molecule has 6 nitrogen and oxygen atoms in total. The van der Waals surface area contributed by atoms with Crippen molar-refractivity contribution in [1.82, 2.24) is 14.5 Å². The summed E-state index contributed by atoms with van der Waals surface area (Å²) in [4.78, 5) is 17.8. The van der Waals surface area contributed by atoms with Crippen LogP contribution < -0.4 is 0 Å². The summed E-state index contributed by atoms with van der Waals surface area (Å²) in [6, 6.07) is 0. The monoisotopic (exact) mass is 253 g/mol. The molecule has 0 spiro atoms. The van der Waals surface area contributed by atoms with Crippen LogP contribution in [-0.2, 0) is 20.8 Å². The second kappa shape index (κ2) is 5.97. The normalized spacial score (nSPS) is 20.9. The Bertz CT molecular complexity index is 405. The van der Waals surface area contributed by atoms with E-state index in [9.17, 15) is 4.79 Å². The van der Waals surface area contributed by atoms with E-state index in [-0.39, 0.29) is 5.97 Å². The highest BCUT2D eigenvalue weighted by molar-refractivity contribution is 5.74. The lowest BCUT2D eigenvalue weighted by molar-refractivity contribution is -0.159. The van der Waals surface area contributed by atoms with Gasteiger partial charge >= 0.3 is 5.97 Å². The molecule has 2 rings (SSSR count). The molecule has 0 radical (unpaired) electrons. The van der Waals surface area contributed by atoms with Crippen molar-refractivity contribution in [2.24, 2.45) is 0 Å². The second-order valence-electron chi connectivity index (χ2n) is 4.35. The molecule has 1 atom stereocenters. The standard InChI is InChI=1S/C12H19N3O3/c1-10-13-3-4-15(10)6-5-14-7-8-18-11(9-14)12(16)17-2/h3-4,11H,5-9H2,1-2H3. The number of carbonyl (C=O) groups is 1. The smallest absolute Gasteiger partial charge is 0.336 e. The minimum atomic E-state index is -0.451. The Balaban J connectivity index is 1.83. The van der Waals surface area contributed by atoms with E-state index in [1.807, 2.05) is 13.1 Å². The van der Waals surface area contributed by atoms with Crippen molar-refractivity contribution in [3.63, 3.8) is 0 Å². The maximum atomic E-state index is 11.4. The van der Waals surface area contributed by atoms with Crippen LogP contribution in [0.25, 0.3) is 0 Å². The Hall–Kier alpha value is -1.40. The lowest BCUT2D eigenvalue weighted by atomic mass is 10.2. The summed E-state index contributed by atoms with van der Waals surface area (Å²) in [5.74, 6) is 0.714. The molecular formula is C12H19N3O3. The van der Waals surface area contributed by atoms with Gasteiger partial charge in [0.25, 0.3) is 0 Å². The van der Waals surface area contributed by atoms with Crippen molar-refractivity contribution in [2.45, 2.75) is 19.6 Å². The minimum absolute atomic E-state index is 0.293. The first-order valence-corrected chi connectivity index (χ1v) is 6.10. The number of morpholine rings is 1. The van der Waals surface area contributed by atoms with E-state index in [0.29, 0.717) is 13.2 Å². The van der Waals surface area contributed by atoms with Crippen LogP contribution in [0, 0.1) is 6.92 Å². The van der Waals surface area contributed by atoms with Crippen LogP contribution in [0.3, 0.4) is 0 Å². The minimum Gasteiger partial charge on any atom is -0.467 e. The van der Waals surface area contributed by atoms with Gasteiger partial charge in [-0.2, -0.15) is 0 Å². The van der Waals surface area contributed by atoms with Crippen molar-refractivity contribution >= 4 is 5.97 Å². The SMILES string of the molecule is COC(=O)C1CN(CCn2ccnc2C)CCO1. The second-order valence-corrected chi connectivity index (χ2v) is 4.35. The molecule has 1 saturated heterocycles. The highest BCUT2D eigenvalue weighted by Gasteiger charge is 2.26. The molecule has 6 heteroatoms. The molecule has 100 valence electrons. The van der Waals surface area contributed by atoms with Gasteiger partial charge in [0.1, 0.15) is 5.82 Å². The third-order valence-electron chi connectivity index (χ3n) is 3.20. The molecule has 1 aliphatic rings. The quantitative estimate of drug-likeness (QED) is 0.711. The molecule has 18 heavy (non-hydrogen) atoms. The summed E-state index contributed by atoms with van der Waals surface area (Å²) < 4.78 is 12.2. The first-order chi connectivity index (χ1) is 8.70. The number of hydrogen-bond donors (Lipinski definition) is 0. The third kappa shape index (κ3) is 3.08. The van der Waals surface area contributed by atoms with E-state index in [2.05, 4.69) is 14.5 Å². The lowest BCUT2D eigenvalue weighted by Crippen LogP contribution is -2.47. The van der Waals surface area contributed by atoms with Crippen molar-refractivity contribution in [3.8, 4) is 0 Å². The number of methoxy groups -OCH3 is 1. The van der Waals surface area contributed by atoms with E-state index in [1.165, 1.54) is 7.11 Å². The average molecular weight is 253 g/mol. The van der Waals surface area contributed by atoms with Crippen LogP contribution in [0.1, 0.15) is 5.82 Å². The van der Waals surface area contributed by atoms with Crippen LogP contribution in [0.5, 0.6) is 0 Å². The Kier molecular flexibility index (Phi) is 4.33. The summed E-state index contributed by atoms with van der Waals surface area (Å²) in [5, 5.41) is 0. The molecule has 1 unspecified atom stereocenters. The van der Waals surface area contributed by atoms with Crippen molar-refractivity contribution in [3.05, 3.63) is 18.2 Å². The third-order valence-corrected chi connectivity index (χ3v) is 3.20. The first kappa shape index (κ1) is 13.0. The summed E-state index contributed by atoms with van der Waals surface area (Å²) in [6.45, 7) is 5.76. The number of hydrogen-bond acceptors (Lipinski definition) is 5. The average Bonchev–Trinajstić information content (AvgIpc) is 2.81. The van der Waals surface area contributed by atoms with Crippen LogP contribution in [0.4, 0.5) is 0 Å². The van der Waals surface area contributed by atoms with Gasteiger partial charge < -0.3 is 14.0 Å². The topological polar surface area (TPSA) is 56.6 Å². The molecule has 0 N–H and O–H groups in total. The van der Waals surface area contributed by atoms with Gasteiger partial charge in [-0.1, -0.05) is 0 Å². The fourth-order valence-electron chi connectivity index (χ4n) is 2.07. The van der Waals surface area contributed by atoms with Gasteiger partial charge in [-0.25, -0.2) is 9.78 Å². The number of aromatic nitrogens is 2. The molecule has 2 heterocycles. The summed E-state index contributed by atoms with van der Waals surface area (Å²) in [6.07, 6.45) is 3.31. The number of carbonyl (C=O) groups excluding carboxylic acids is 1. The molecule has 1 fully saturated rings. The maximum Gasteiger partial charge on any atom is 0.336 e. The summed E-state index contributed by atoms with van der Waals surface area (Å²) >= 11 is 0. The van der Waals surface area contributed by atoms with Gasteiger partial charge in [-0.15, -0.1) is 0 Å². The Labute approximate surface area is 106 Å². The molecule has 0 amide bonds. The summed E-state index contributed by atoms with van der Waals surface area (Å²) in [5.41, 5.74) is 0. The number of nitrogens with zero attached hydrogens (tertiary/aromatic N) is 3. The van der Waals surface area contributed by atoms with E-state index in [0.717, 1.165) is 25.5 Å². The molecule has 0 bridgehead atoms.